The number of nitrogens with zero attached hydrogens (tertiary/aromatic N) is 3. The minimum Gasteiger partial charge on any atom is -0.481 e. The van der Waals surface area contributed by atoms with Crippen LogP contribution in [0.5, 0.6) is 0 Å². The van der Waals surface area contributed by atoms with Crippen molar-refractivity contribution in [2.24, 2.45) is 11.8 Å². The Kier molecular flexibility index (Phi) is 3.96. The van der Waals surface area contributed by atoms with E-state index >= 15 is 0 Å². The Labute approximate surface area is 106 Å². The van der Waals surface area contributed by atoms with Gasteiger partial charge in [-0.25, -0.2) is 0 Å². The summed E-state index contributed by atoms with van der Waals surface area (Å²) in [7, 11) is 0. The smallest absolute Gasteiger partial charge is 0.308 e. The third-order valence-corrected chi connectivity index (χ3v) is 3.35. The van der Waals surface area contributed by atoms with Crippen molar-refractivity contribution in [1.82, 2.24) is 15.0 Å². The third kappa shape index (κ3) is 2.87. The van der Waals surface area contributed by atoms with Crippen molar-refractivity contribution in [3.05, 3.63) is 11.7 Å². The zero-order chi connectivity index (χ0) is 13.1. The van der Waals surface area contributed by atoms with Crippen LogP contribution in [0.25, 0.3) is 0 Å². The summed E-state index contributed by atoms with van der Waals surface area (Å²) in [4.78, 5) is 17.4. The van der Waals surface area contributed by atoms with Crippen molar-refractivity contribution in [2.75, 3.05) is 13.1 Å². The van der Waals surface area contributed by atoms with Crippen molar-refractivity contribution < 1.29 is 14.4 Å². The third-order valence-electron chi connectivity index (χ3n) is 3.35. The Bertz CT molecular complexity index is 418. The highest BCUT2D eigenvalue weighted by molar-refractivity contribution is 5.71. The number of aliphatic carboxylic acids is 1. The maximum Gasteiger partial charge on any atom is 0.308 e. The van der Waals surface area contributed by atoms with E-state index < -0.39 is 5.97 Å². The van der Waals surface area contributed by atoms with E-state index in [4.69, 9.17) is 9.63 Å². The first-order chi connectivity index (χ1) is 8.60. The maximum absolute atomic E-state index is 11.0. The lowest BCUT2D eigenvalue weighted by Gasteiger charge is -2.11. The molecule has 0 radical (unpaired) electrons. The molecule has 0 saturated carbocycles. The second-order valence-corrected chi connectivity index (χ2v) is 4.97. The summed E-state index contributed by atoms with van der Waals surface area (Å²) in [6.45, 7) is 5.90. The Hall–Kier alpha value is -1.43. The highest BCUT2D eigenvalue weighted by atomic mass is 16.5. The van der Waals surface area contributed by atoms with Gasteiger partial charge in [-0.3, -0.25) is 9.69 Å². The molecule has 2 unspecified atom stereocenters. The normalized spacial score (nSPS) is 24.6. The van der Waals surface area contributed by atoms with Crippen molar-refractivity contribution in [3.8, 4) is 0 Å². The predicted molar refractivity (Wildman–Crippen MR) is 63.9 cm³/mol. The van der Waals surface area contributed by atoms with E-state index in [0.29, 0.717) is 19.0 Å². The lowest BCUT2D eigenvalue weighted by molar-refractivity contribution is -0.142. The number of carboxylic acids is 1. The van der Waals surface area contributed by atoms with E-state index in [9.17, 15) is 4.79 Å². The minimum atomic E-state index is -0.720. The fourth-order valence-electron chi connectivity index (χ4n) is 2.39. The number of aryl methyl sites for hydroxylation is 1. The number of carbonyl (C=O) groups is 1. The average Bonchev–Trinajstić information content (AvgIpc) is 2.87. The maximum atomic E-state index is 11.0. The van der Waals surface area contributed by atoms with Crippen LogP contribution in [0, 0.1) is 11.8 Å². The summed E-state index contributed by atoms with van der Waals surface area (Å²) in [5.74, 6) is 0.469. The summed E-state index contributed by atoms with van der Waals surface area (Å²) < 4.78 is 5.16. The van der Waals surface area contributed by atoms with Crippen molar-refractivity contribution >= 4 is 5.97 Å². The largest absolute Gasteiger partial charge is 0.481 e. The molecule has 0 aliphatic carbocycles. The quantitative estimate of drug-likeness (QED) is 0.848. The van der Waals surface area contributed by atoms with Crippen LogP contribution in [0.2, 0.25) is 0 Å². The van der Waals surface area contributed by atoms with Crippen LogP contribution in [0.1, 0.15) is 32.0 Å². The van der Waals surface area contributed by atoms with Gasteiger partial charge in [0.15, 0.2) is 5.82 Å². The van der Waals surface area contributed by atoms with Crippen LogP contribution >= 0.6 is 0 Å². The van der Waals surface area contributed by atoms with Gasteiger partial charge in [0.2, 0.25) is 5.89 Å². The number of likely N-dealkylation sites (tertiary alicyclic amines) is 1. The summed E-state index contributed by atoms with van der Waals surface area (Å²) in [6.07, 6.45) is 1.80. The van der Waals surface area contributed by atoms with Gasteiger partial charge in [0, 0.05) is 19.5 Å². The predicted octanol–water partition coefficient (Wildman–Crippen LogP) is 1.17. The standard InChI is InChI=1S/C12H19N3O3/c1-3-4-10-13-11(18-14-10)7-15-5-8(2)9(6-15)12(16)17/h8-9H,3-7H2,1-2H3,(H,16,17). The molecule has 2 atom stereocenters. The van der Waals surface area contributed by atoms with Crippen LogP contribution in [-0.4, -0.2) is 39.2 Å². The molecule has 2 rings (SSSR count). The molecule has 0 bridgehead atoms. The molecule has 1 aliphatic rings. The van der Waals surface area contributed by atoms with Crippen LogP contribution in [-0.2, 0) is 17.8 Å². The first kappa shape index (κ1) is 13.0. The second-order valence-electron chi connectivity index (χ2n) is 4.97. The van der Waals surface area contributed by atoms with Gasteiger partial charge < -0.3 is 9.63 Å². The molecule has 1 N–H and O–H groups in total. The molecule has 2 heterocycles. The van der Waals surface area contributed by atoms with Gasteiger partial charge in [0.05, 0.1) is 12.5 Å². The average molecular weight is 253 g/mol. The Morgan fingerprint density at radius 3 is 2.94 bits per heavy atom. The first-order valence-corrected chi connectivity index (χ1v) is 6.36. The Morgan fingerprint density at radius 2 is 2.33 bits per heavy atom. The van der Waals surface area contributed by atoms with Crippen LogP contribution in [0.4, 0.5) is 0 Å². The highest BCUT2D eigenvalue weighted by Gasteiger charge is 2.35. The monoisotopic (exact) mass is 253 g/mol. The lowest BCUT2D eigenvalue weighted by Crippen LogP contribution is -2.23. The van der Waals surface area contributed by atoms with E-state index in [-0.39, 0.29) is 11.8 Å². The molecule has 1 saturated heterocycles. The van der Waals surface area contributed by atoms with Gasteiger partial charge >= 0.3 is 5.97 Å². The minimum absolute atomic E-state index is 0.167. The molecule has 100 valence electrons. The number of aromatic nitrogens is 2. The fourth-order valence-corrected chi connectivity index (χ4v) is 2.39. The molecule has 6 nitrogen and oxygen atoms in total. The number of hydrogen-bond donors (Lipinski definition) is 1. The van der Waals surface area contributed by atoms with E-state index in [2.05, 4.69) is 22.0 Å². The van der Waals surface area contributed by atoms with Crippen molar-refractivity contribution in [1.29, 1.82) is 0 Å². The molecule has 0 spiro atoms. The van der Waals surface area contributed by atoms with Gasteiger partial charge in [0.1, 0.15) is 0 Å². The number of hydrogen-bond acceptors (Lipinski definition) is 5. The summed E-state index contributed by atoms with van der Waals surface area (Å²) in [5.41, 5.74) is 0. The zero-order valence-corrected chi connectivity index (χ0v) is 10.8. The van der Waals surface area contributed by atoms with Crippen LogP contribution in [0.15, 0.2) is 4.52 Å². The van der Waals surface area contributed by atoms with E-state index in [0.717, 1.165) is 25.2 Å². The van der Waals surface area contributed by atoms with Gasteiger partial charge in [-0.15, -0.1) is 0 Å². The zero-order valence-electron chi connectivity index (χ0n) is 10.8. The van der Waals surface area contributed by atoms with Crippen molar-refractivity contribution in [3.63, 3.8) is 0 Å². The summed E-state index contributed by atoms with van der Waals surface area (Å²) in [6, 6.07) is 0. The molecular weight excluding hydrogens is 234 g/mol. The van der Waals surface area contributed by atoms with Gasteiger partial charge in [0.25, 0.3) is 0 Å². The lowest BCUT2D eigenvalue weighted by atomic mass is 9.99. The SMILES string of the molecule is CCCc1noc(CN2CC(C)C(C(=O)O)C2)n1. The molecule has 0 aromatic carbocycles. The first-order valence-electron chi connectivity index (χ1n) is 6.36. The molecule has 6 heteroatoms. The molecule has 1 aliphatic heterocycles. The molecule has 18 heavy (non-hydrogen) atoms. The number of carboxylic acid groups (broad SMARTS) is 1. The van der Waals surface area contributed by atoms with E-state index in [1.807, 2.05) is 6.92 Å². The Balaban J connectivity index is 1.92. The molecule has 1 aromatic heterocycles. The highest BCUT2D eigenvalue weighted by Crippen LogP contribution is 2.24. The molecular formula is C12H19N3O3. The summed E-state index contributed by atoms with van der Waals surface area (Å²) in [5, 5.41) is 13.0. The molecule has 1 aromatic rings. The van der Waals surface area contributed by atoms with Gasteiger partial charge in [-0.2, -0.15) is 4.98 Å². The van der Waals surface area contributed by atoms with Crippen molar-refractivity contribution in [2.45, 2.75) is 33.2 Å². The van der Waals surface area contributed by atoms with Gasteiger partial charge in [-0.1, -0.05) is 19.0 Å². The second kappa shape index (κ2) is 5.48. The topological polar surface area (TPSA) is 79.5 Å². The van der Waals surface area contributed by atoms with E-state index in [1.54, 1.807) is 0 Å². The van der Waals surface area contributed by atoms with Gasteiger partial charge in [-0.05, 0) is 12.3 Å². The van der Waals surface area contributed by atoms with Crippen LogP contribution in [0.3, 0.4) is 0 Å². The Morgan fingerprint density at radius 1 is 1.56 bits per heavy atom. The number of rotatable bonds is 5. The molecule has 1 fully saturated rings. The summed E-state index contributed by atoms with van der Waals surface area (Å²) >= 11 is 0. The van der Waals surface area contributed by atoms with E-state index in [1.165, 1.54) is 0 Å². The van der Waals surface area contributed by atoms with Crippen LogP contribution < -0.4 is 0 Å². The fraction of sp³-hybridized carbons (Fsp3) is 0.750. The molecule has 0 amide bonds.